The van der Waals surface area contributed by atoms with Crippen molar-refractivity contribution in [3.05, 3.63) is 64.5 Å². The van der Waals surface area contributed by atoms with Gasteiger partial charge in [0, 0.05) is 28.8 Å². The van der Waals surface area contributed by atoms with E-state index in [2.05, 4.69) is 39.3 Å². The van der Waals surface area contributed by atoms with Crippen molar-refractivity contribution in [3.63, 3.8) is 0 Å². The van der Waals surface area contributed by atoms with E-state index in [4.69, 9.17) is 4.42 Å². The maximum Gasteiger partial charge on any atom is 0.226 e. The van der Waals surface area contributed by atoms with Crippen molar-refractivity contribution in [3.8, 4) is 0 Å². The van der Waals surface area contributed by atoms with Crippen LogP contribution in [0.3, 0.4) is 0 Å². The van der Waals surface area contributed by atoms with Crippen LogP contribution in [0.15, 0.2) is 53.4 Å². The third-order valence-electron chi connectivity index (χ3n) is 5.70. The number of furan rings is 1. The van der Waals surface area contributed by atoms with E-state index in [1.807, 2.05) is 29.2 Å². The van der Waals surface area contributed by atoms with Gasteiger partial charge in [0.1, 0.15) is 17.9 Å². The molecule has 9 heteroatoms. The van der Waals surface area contributed by atoms with Crippen LogP contribution in [0.1, 0.15) is 28.4 Å². The summed E-state index contributed by atoms with van der Waals surface area (Å²) < 4.78 is 7.21. The standard InChI is InChI=1S/C22H24N6O2S/c1-16-4-5-19(31-16)14-27(13-18-3-2-12-30-18)22(29)17-8-10-26(11-9-17)21-7-6-20-24-23-15-28(20)25-21/h2-7,12,15,17H,8-11,13-14H2,1H3. The molecular weight excluding hydrogens is 412 g/mol. The summed E-state index contributed by atoms with van der Waals surface area (Å²) in [5, 5.41) is 12.5. The zero-order chi connectivity index (χ0) is 21.2. The van der Waals surface area contributed by atoms with E-state index in [0.717, 1.165) is 43.2 Å². The Morgan fingerprint density at radius 2 is 2.06 bits per heavy atom. The van der Waals surface area contributed by atoms with E-state index >= 15 is 0 Å². The molecule has 160 valence electrons. The molecule has 5 heterocycles. The number of carbonyl (C=O) groups is 1. The fourth-order valence-corrected chi connectivity index (χ4v) is 4.97. The van der Waals surface area contributed by atoms with Gasteiger partial charge in [0.05, 0.1) is 19.4 Å². The molecule has 0 radical (unpaired) electrons. The maximum atomic E-state index is 13.5. The topological polar surface area (TPSA) is 79.8 Å². The van der Waals surface area contributed by atoms with E-state index in [1.165, 1.54) is 9.75 Å². The number of fused-ring (bicyclic) bond motifs is 1. The van der Waals surface area contributed by atoms with Crippen molar-refractivity contribution in [2.45, 2.75) is 32.9 Å². The molecular formula is C22H24N6O2S. The molecule has 0 saturated carbocycles. The predicted molar refractivity (Wildman–Crippen MR) is 118 cm³/mol. The van der Waals surface area contributed by atoms with Gasteiger partial charge in [0.2, 0.25) is 5.91 Å². The summed E-state index contributed by atoms with van der Waals surface area (Å²) in [5.74, 6) is 1.90. The van der Waals surface area contributed by atoms with Gasteiger partial charge in [-0.3, -0.25) is 4.79 Å². The van der Waals surface area contributed by atoms with Gasteiger partial charge in [-0.05, 0) is 56.2 Å². The Bertz CT molecular complexity index is 1160. The van der Waals surface area contributed by atoms with Crippen LogP contribution in [0.2, 0.25) is 0 Å². The van der Waals surface area contributed by atoms with Gasteiger partial charge in [-0.1, -0.05) is 0 Å². The van der Waals surface area contributed by atoms with Gasteiger partial charge < -0.3 is 14.2 Å². The number of hydrogen-bond acceptors (Lipinski definition) is 7. The van der Waals surface area contributed by atoms with Crippen LogP contribution in [-0.2, 0) is 17.9 Å². The summed E-state index contributed by atoms with van der Waals surface area (Å²) in [5.41, 5.74) is 0.728. The number of hydrogen-bond donors (Lipinski definition) is 0. The number of carbonyl (C=O) groups excluding carboxylic acids is 1. The van der Waals surface area contributed by atoms with Gasteiger partial charge in [0.15, 0.2) is 5.65 Å². The van der Waals surface area contributed by atoms with E-state index < -0.39 is 0 Å². The van der Waals surface area contributed by atoms with Gasteiger partial charge in [-0.15, -0.1) is 26.6 Å². The number of aromatic nitrogens is 4. The summed E-state index contributed by atoms with van der Waals surface area (Å²) in [4.78, 5) is 20.1. The molecule has 1 saturated heterocycles. The van der Waals surface area contributed by atoms with Crippen molar-refractivity contribution in [2.24, 2.45) is 5.92 Å². The number of anilines is 1. The van der Waals surface area contributed by atoms with Gasteiger partial charge in [-0.25, -0.2) is 0 Å². The quantitative estimate of drug-likeness (QED) is 0.460. The highest BCUT2D eigenvalue weighted by atomic mass is 32.1. The first-order valence-electron chi connectivity index (χ1n) is 10.4. The molecule has 0 N–H and O–H groups in total. The molecule has 5 rings (SSSR count). The highest BCUT2D eigenvalue weighted by Crippen LogP contribution is 2.26. The van der Waals surface area contributed by atoms with Crippen LogP contribution in [0.25, 0.3) is 5.65 Å². The number of rotatable bonds is 6. The van der Waals surface area contributed by atoms with Crippen LogP contribution >= 0.6 is 11.3 Å². The van der Waals surface area contributed by atoms with Gasteiger partial charge >= 0.3 is 0 Å². The average molecular weight is 437 g/mol. The Morgan fingerprint density at radius 3 is 2.81 bits per heavy atom. The molecule has 0 aromatic carbocycles. The molecule has 0 aliphatic carbocycles. The first kappa shape index (κ1) is 19.7. The number of thiophene rings is 1. The highest BCUT2D eigenvalue weighted by Gasteiger charge is 2.30. The number of aryl methyl sites for hydroxylation is 1. The lowest BCUT2D eigenvalue weighted by molar-refractivity contribution is -0.137. The first-order chi connectivity index (χ1) is 15.2. The van der Waals surface area contributed by atoms with Crippen LogP contribution < -0.4 is 4.90 Å². The third-order valence-corrected chi connectivity index (χ3v) is 6.68. The minimum absolute atomic E-state index is 0.00548. The first-order valence-corrected chi connectivity index (χ1v) is 11.3. The summed E-state index contributed by atoms with van der Waals surface area (Å²) in [7, 11) is 0. The number of nitrogens with zero attached hydrogens (tertiary/aromatic N) is 6. The monoisotopic (exact) mass is 436 g/mol. The van der Waals surface area contributed by atoms with Crippen LogP contribution in [0.5, 0.6) is 0 Å². The average Bonchev–Trinajstić information content (AvgIpc) is 3.55. The van der Waals surface area contributed by atoms with Crippen LogP contribution in [-0.4, -0.2) is 43.7 Å². The largest absolute Gasteiger partial charge is 0.467 e. The summed E-state index contributed by atoms with van der Waals surface area (Å²) in [6.45, 7) is 4.79. The lowest BCUT2D eigenvalue weighted by atomic mass is 9.95. The minimum Gasteiger partial charge on any atom is -0.467 e. The predicted octanol–water partition coefficient (Wildman–Crippen LogP) is 3.53. The second kappa shape index (κ2) is 8.50. The minimum atomic E-state index is 0.00548. The van der Waals surface area contributed by atoms with Crippen molar-refractivity contribution in [1.29, 1.82) is 0 Å². The second-order valence-electron chi connectivity index (χ2n) is 7.87. The van der Waals surface area contributed by atoms with E-state index in [9.17, 15) is 4.79 Å². The zero-order valence-electron chi connectivity index (χ0n) is 17.3. The van der Waals surface area contributed by atoms with Crippen molar-refractivity contribution < 1.29 is 9.21 Å². The number of piperidine rings is 1. The van der Waals surface area contributed by atoms with Crippen LogP contribution in [0.4, 0.5) is 5.82 Å². The number of amides is 1. The molecule has 1 fully saturated rings. The molecule has 0 spiro atoms. The SMILES string of the molecule is Cc1ccc(CN(Cc2ccco2)C(=O)C2CCN(c3ccc4nncn4n3)CC2)s1. The molecule has 4 aromatic heterocycles. The molecule has 0 atom stereocenters. The molecule has 0 bridgehead atoms. The van der Waals surface area contributed by atoms with Crippen molar-refractivity contribution in [2.75, 3.05) is 18.0 Å². The molecule has 0 unspecified atom stereocenters. The molecule has 1 aliphatic heterocycles. The second-order valence-corrected chi connectivity index (χ2v) is 9.25. The van der Waals surface area contributed by atoms with Crippen LogP contribution in [0, 0.1) is 12.8 Å². The lowest BCUT2D eigenvalue weighted by Crippen LogP contribution is -2.42. The Balaban J connectivity index is 1.26. The molecule has 1 aliphatic rings. The Labute approximate surface area is 184 Å². The Kier molecular flexibility index (Phi) is 5.42. The van der Waals surface area contributed by atoms with E-state index in [1.54, 1.807) is 28.4 Å². The normalized spacial score (nSPS) is 14.9. The van der Waals surface area contributed by atoms with Gasteiger partial charge in [-0.2, -0.15) is 4.52 Å². The summed E-state index contributed by atoms with van der Waals surface area (Å²) >= 11 is 1.74. The molecule has 1 amide bonds. The van der Waals surface area contributed by atoms with Gasteiger partial charge in [0.25, 0.3) is 0 Å². The van der Waals surface area contributed by atoms with Crippen molar-refractivity contribution >= 4 is 28.7 Å². The van der Waals surface area contributed by atoms with E-state index in [0.29, 0.717) is 13.1 Å². The Morgan fingerprint density at radius 1 is 1.19 bits per heavy atom. The molecule has 8 nitrogen and oxygen atoms in total. The smallest absolute Gasteiger partial charge is 0.226 e. The van der Waals surface area contributed by atoms with E-state index in [-0.39, 0.29) is 11.8 Å². The summed E-state index contributed by atoms with van der Waals surface area (Å²) in [6.07, 6.45) is 4.87. The third kappa shape index (κ3) is 4.32. The molecule has 4 aromatic rings. The molecule has 31 heavy (non-hydrogen) atoms. The fraction of sp³-hybridized carbons (Fsp3) is 0.364. The fourth-order valence-electron chi connectivity index (χ4n) is 4.06. The maximum absolute atomic E-state index is 13.5. The highest BCUT2D eigenvalue weighted by molar-refractivity contribution is 7.11. The van der Waals surface area contributed by atoms with Crippen molar-refractivity contribution in [1.82, 2.24) is 24.7 Å². The zero-order valence-corrected chi connectivity index (χ0v) is 18.2. The lowest BCUT2D eigenvalue weighted by Gasteiger charge is -2.34. The summed E-state index contributed by atoms with van der Waals surface area (Å²) in [6, 6.07) is 11.9. The Hall–Kier alpha value is -3.20.